The van der Waals surface area contributed by atoms with Crippen molar-refractivity contribution in [2.45, 2.75) is 51.9 Å². The lowest BCUT2D eigenvalue weighted by Crippen LogP contribution is -2.38. The van der Waals surface area contributed by atoms with Crippen LogP contribution in [0.2, 0.25) is 0 Å². The van der Waals surface area contributed by atoms with Gasteiger partial charge in [-0.2, -0.15) is 13.2 Å². The molecule has 0 atom stereocenters. The number of esters is 2. The second-order valence-electron chi connectivity index (χ2n) is 6.21. The second kappa shape index (κ2) is 12.6. The van der Waals surface area contributed by atoms with E-state index in [1.54, 1.807) is 27.7 Å². The van der Waals surface area contributed by atoms with Crippen molar-refractivity contribution >= 4 is 25.6 Å². The Morgan fingerprint density at radius 3 is 1.81 bits per heavy atom. The number of benzene rings is 1. The molecule has 0 spiro atoms. The van der Waals surface area contributed by atoms with E-state index in [0.717, 1.165) is 12.1 Å². The highest BCUT2D eigenvalue weighted by Crippen LogP contribution is 2.55. The van der Waals surface area contributed by atoms with E-state index in [4.69, 9.17) is 9.79 Å². The molecule has 1 aromatic rings. The van der Waals surface area contributed by atoms with Crippen molar-refractivity contribution in [2.24, 2.45) is 0 Å². The first-order chi connectivity index (χ1) is 14.3. The predicted octanol–water partition coefficient (Wildman–Crippen LogP) is 4.57. The maximum absolute atomic E-state index is 12.2. The third kappa shape index (κ3) is 8.85. The second-order valence-corrected chi connectivity index (χ2v) is 8.15. The predicted molar refractivity (Wildman–Crippen MR) is 109 cm³/mol. The molecule has 0 bridgehead atoms. The molecule has 0 aliphatic rings. The fourth-order valence-corrected chi connectivity index (χ4v) is 3.60. The van der Waals surface area contributed by atoms with E-state index >= 15 is 0 Å². The summed E-state index contributed by atoms with van der Waals surface area (Å²) in [6.07, 6.45) is -1.62. The molecule has 31 heavy (non-hydrogen) atoms. The van der Waals surface area contributed by atoms with Crippen molar-refractivity contribution in [3.05, 3.63) is 41.5 Å². The molecule has 1 rings (SSSR count). The van der Waals surface area contributed by atoms with Gasteiger partial charge in [0.05, 0.1) is 18.8 Å². The molecule has 11 heteroatoms. The summed E-state index contributed by atoms with van der Waals surface area (Å²) in [5, 5.41) is -1.66. The van der Waals surface area contributed by atoms with Crippen LogP contribution in [0, 0.1) is 0 Å². The van der Waals surface area contributed by atoms with Crippen LogP contribution >= 0.6 is 7.60 Å². The number of ether oxygens (including phenoxy) is 2. The van der Waals surface area contributed by atoms with Crippen molar-refractivity contribution in [2.75, 3.05) is 13.2 Å². The summed E-state index contributed by atoms with van der Waals surface area (Å²) in [5.74, 6) is -1.33. The highest BCUT2D eigenvalue weighted by molar-refractivity contribution is 7.54. The van der Waals surface area contributed by atoms with Gasteiger partial charge in [0.1, 0.15) is 0 Å². The Balaban J connectivity index is 0.000000594. The minimum absolute atomic E-state index is 0.0760. The molecule has 0 aliphatic heterocycles. The van der Waals surface area contributed by atoms with E-state index in [9.17, 15) is 27.3 Å². The Labute approximate surface area is 179 Å². The molecule has 1 aromatic carbocycles. The van der Waals surface area contributed by atoms with Crippen LogP contribution in [-0.4, -0.2) is 40.1 Å². The summed E-state index contributed by atoms with van der Waals surface area (Å²) >= 11 is 0. The zero-order valence-corrected chi connectivity index (χ0v) is 18.7. The summed E-state index contributed by atoms with van der Waals surface area (Å²) < 4.78 is 57.3. The van der Waals surface area contributed by atoms with Gasteiger partial charge >= 0.3 is 25.7 Å². The average molecular weight is 468 g/mol. The van der Waals surface area contributed by atoms with Gasteiger partial charge in [0.15, 0.2) is 5.16 Å². The molecule has 2 N–H and O–H groups in total. The quantitative estimate of drug-likeness (QED) is 0.327. The maximum Gasteiger partial charge on any atom is 0.416 e. The lowest BCUT2D eigenvalue weighted by molar-refractivity contribution is -0.147. The van der Waals surface area contributed by atoms with Gasteiger partial charge in [-0.25, -0.2) is 4.79 Å². The summed E-state index contributed by atoms with van der Waals surface area (Å²) in [7, 11) is -4.47. The third-order valence-electron chi connectivity index (χ3n) is 4.32. The van der Waals surface area contributed by atoms with Crippen LogP contribution in [0.1, 0.15) is 51.7 Å². The molecule has 0 heterocycles. The first-order valence-corrected chi connectivity index (χ1v) is 11.1. The fraction of sp³-hybridized carbons (Fsp3) is 0.500. The number of halogens is 3. The van der Waals surface area contributed by atoms with Crippen LogP contribution in [0.3, 0.4) is 0 Å². The van der Waals surface area contributed by atoms with Crippen LogP contribution in [0.5, 0.6) is 0 Å². The van der Waals surface area contributed by atoms with Crippen molar-refractivity contribution in [1.82, 2.24) is 0 Å². The van der Waals surface area contributed by atoms with E-state index < -0.39 is 36.4 Å². The summed E-state index contributed by atoms with van der Waals surface area (Å²) in [6, 6.07) is 4.51. The van der Waals surface area contributed by atoms with E-state index in [2.05, 4.69) is 9.47 Å². The van der Waals surface area contributed by atoms with Crippen LogP contribution in [-0.2, 0) is 29.8 Å². The molecule has 0 saturated carbocycles. The number of hydrogen-bond donors (Lipinski definition) is 2. The number of carbonyl (C=O) groups excluding carboxylic acids is 2. The molecule has 0 aliphatic carbocycles. The first kappa shape index (κ1) is 28.8. The van der Waals surface area contributed by atoms with E-state index in [1.165, 1.54) is 24.3 Å². The Morgan fingerprint density at radius 1 is 0.968 bits per heavy atom. The smallest absolute Gasteiger partial charge is 0.416 e. The van der Waals surface area contributed by atoms with Crippen molar-refractivity contribution in [1.29, 1.82) is 0 Å². The summed E-state index contributed by atoms with van der Waals surface area (Å²) in [4.78, 5) is 40.7. The minimum atomic E-state index is -4.47. The van der Waals surface area contributed by atoms with E-state index in [0.29, 0.717) is 5.56 Å². The highest BCUT2D eigenvalue weighted by atomic mass is 31.2. The fourth-order valence-electron chi connectivity index (χ4n) is 2.47. The average Bonchev–Trinajstić information content (AvgIpc) is 2.67. The summed E-state index contributed by atoms with van der Waals surface area (Å²) in [5.41, 5.74) is -0.211. The van der Waals surface area contributed by atoms with Gasteiger partial charge in [0, 0.05) is 6.08 Å². The van der Waals surface area contributed by atoms with Crippen LogP contribution in [0.15, 0.2) is 30.3 Å². The topological polar surface area (TPSA) is 110 Å². The Bertz CT molecular complexity index is 779. The van der Waals surface area contributed by atoms with Gasteiger partial charge in [0.2, 0.25) is 0 Å². The SMILES string of the molecule is CCOC(=O)/C=C/c1ccc(C(F)(F)F)cc1.CCOC(=O)C(CC)(CC)P(=O)(O)O. The van der Waals surface area contributed by atoms with E-state index in [1.807, 2.05) is 0 Å². The molecular weight excluding hydrogens is 440 g/mol. The van der Waals surface area contributed by atoms with Gasteiger partial charge in [-0.15, -0.1) is 0 Å². The number of carbonyl (C=O) groups is 2. The largest absolute Gasteiger partial charge is 0.465 e. The lowest BCUT2D eigenvalue weighted by atomic mass is 10.0. The van der Waals surface area contributed by atoms with E-state index in [-0.39, 0.29) is 26.1 Å². The third-order valence-corrected chi connectivity index (χ3v) is 6.25. The lowest BCUT2D eigenvalue weighted by Gasteiger charge is -2.29. The van der Waals surface area contributed by atoms with Crippen molar-refractivity contribution < 1.29 is 46.6 Å². The van der Waals surface area contributed by atoms with Crippen LogP contribution in [0.4, 0.5) is 13.2 Å². The van der Waals surface area contributed by atoms with Crippen molar-refractivity contribution in [3.8, 4) is 0 Å². The first-order valence-electron chi connectivity index (χ1n) is 9.53. The van der Waals surface area contributed by atoms with Crippen LogP contribution in [0.25, 0.3) is 6.08 Å². The minimum Gasteiger partial charge on any atom is -0.465 e. The molecule has 0 radical (unpaired) electrons. The van der Waals surface area contributed by atoms with Gasteiger partial charge in [-0.1, -0.05) is 26.0 Å². The van der Waals surface area contributed by atoms with Gasteiger partial charge in [-0.3, -0.25) is 9.36 Å². The number of hydrogen-bond acceptors (Lipinski definition) is 5. The van der Waals surface area contributed by atoms with Gasteiger partial charge in [0.25, 0.3) is 0 Å². The van der Waals surface area contributed by atoms with Crippen LogP contribution < -0.4 is 0 Å². The monoisotopic (exact) mass is 468 g/mol. The van der Waals surface area contributed by atoms with Gasteiger partial charge < -0.3 is 19.3 Å². The summed E-state index contributed by atoms with van der Waals surface area (Å²) in [6.45, 7) is 6.80. The molecule has 176 valence electrons. The maximum atomic E-state index is 12.2. The normalized spacial score (nSPS) is 12.2. The molecule has 0 saturated heterocycles. The Morgan fingerprint density at radius 2 is 1.45 bits per heavy atom. The molecular formula is C20H28F3O7P. The standard InChI is InChI=1S/C12H11F3O2.C8H17O5P/c1-2-17-11(16)8-5-9-3-6-10(7-4-9)12(13,14)15;1-4-8(5-2,14(10,11)12)7(9)13-6-3/h3-8H,2H2,1H3;4-6H2,1-3H3,(H2,10,11,12)/b8-5+;. The Hall–Kier alpha value is -2.16. The zero-order chi connectivity index (χ0) is 24.3. The molecule has 0 amide bonds. The van der Waals surface area contributed by atoms with Gasteiger partial charge in [-0.05, 0) is 50.5 Å². The number of rotatable bonds is 8. The molecule has 7 nitrogen and oxygen atoms in total. The Kier molecular flexibility index (Phi) is 11.8. The zero-order valence-electron chi connectivity index (χ0n) is 17.8. The highest BCUT2D eigenvalue weighted by Gasteiger charge is 2.51. The molecule has 0 aromatic heterocycles. The molecule has 0 unspecified atom stereocenters. The number of alkyl halides is 3. The molecule has 0 fully saturated rings. The van der Waals surface area contributed by atoms with Crippen molar-refractivity contribution in [3.63, 3.8) is 0 Å².